The maximum atomic E-state index is 12.3. The highest BCUT2D eigenvalue weighted by molar-refractivity contribution is 5.76. The van der Waals surface area contributed by atoms with Crippen molar-refractivity contribution in [2.24, 2.45) is 5.41 Å². The second-order valence-electron chi connectivity index (χ2n) is 7.90. The molecule has 1 spiro atoms. The lowest BCUT2D eigenvalue weighted by Crippen LogP contribution is -2.67. The van der Waals surface area contributed by atoms with Crippen LogP contribution < -0.4 is 5.32 Å². The Kier molecular flexibility index (Phi) is 4.80. The van der Waals surface area contributed by atoms with Crippen molar-refractivity contribution in [1.82, 2.24) is 15.5 Å². The second kappa shape index (κ2) is 7.06. The number of carbonyl (C=O) groups excluding carboxylic acids is 1. The minimum absolute atomic E-state index is 0.0897. The number of aryl methyl sites for hydroxylation is 1. The van der Waals surface area contributed by atoms with Crippen molar-refractivity contribution in [1.29, 1.82) is 0 Å². The lowest BCUT2D eigenvalue weighted by atomic mass is 9.51. The first-order valence-corrected chi connectivity index (χ1v) is 9.94. The van der Waals surface area contributed by atoms with Crippen LogP contribution in [0.2, 0.25) is 0 Å². The number of rotatable bonds is 7. The van der Waals surface area contributed by atoms with Gasteiger partial charge in [-0.15, -0.1) is 10.2 Å². The maximum Gasteiger partial charge on any atom is 0.220 e. The lowest BCUT2D eigenvalue weighted by Gasteiger charge is -2.61. The molecule has 0 unspecified atom stereocenters. The Bertz CT molecular complexity index is 605. The molecule has 3 aliphatic carbocycles. The number of nitrogens with one attached hydrogen (secondary N) is 1. The molecule has 3 fully saturated rings. The summed E-state index contributed by atoms with van der Waals surface area (Å²) in [4.78, 5) is 12.3. The Morgan fingerprint density at radius 3 is 2.76 bits per heavy atom. The summed E-state index contributed by atoms with van der Waals surface area (Å²) in [5.74, 6) is 1.88. The van der Waals surface area contributed by atoms with E-state index >= 15 is 0 Å². The van der Waals surface area contributed by atoms with Gasteiger partial charge in [-0.2, -0.15) is 0 Å². The van der Waals surface area contributed by atoms with Gasteiger partial charge in [0.15, 0.2) is 0 Å². The van der Waals surface area contributed by atoms with Crippen molar-refractivity contribution in [3.05, 3.63) is 11.8 Å². The molecule has 1 heterocycles. The molecule has 138 valence electrons. The van der Waals surface area contributed by atoms with Crippen LogP contribution in [0.3, 0.4) is 0 Å². The summed E-state index contributed by atoms with van der Waals surface area (Å²) in [6.07, 6.45) is 10.6. The van der Waals surface area contributed by atoms with Crippen molar-refractivity contribution in [2.75, 3.05) is 6.61 Å². The number of nitrogens with zero attached hydrogens (tertiary/aromatic N) is 2. The first kappa shape index (κ1) is 17.0. The SMILES string of the molecule is CCO[C@@H]1C[C@H](NC(=O)CCc2nnc(C3CCCC3)o2)C12CCC2. The predicted molar refractivity (Wildman–Crippen MR) is 92.1 cm³/mol. The highest BCUT2D eigenvalue weighted by Crippen LogP contribution is 2.57. The van der Waals surface area contributed by atoms with Crippen LogP contribution in [-0.4, -0.2) is 34.9 Å². The highest BCUT2D eigenvalue weighted by atomic mass is 16.5. The van der Waals surface area contributed by atoms with Crippen molar-refractivity contribution >= 4 is 5.91 Å². The van der Waals surface area contributed by atoms with Crippen LogP contribution in [0.1, 0.15) is 82.4 Å². The molecule has 3 aliphatic rings. The van der Waals surface area contributed by atoms with Gasteiger partial charge in [0.25, 0.3) is 0 Å². The number of hydrogen-bond acceptors (Lipinski definition) is 5. The Balaban J connectivity index is 1.24. The normalized spacial score (nSPS) is 27.9. The van der Waals surface area contributed by atoms with E-state index < -0.39 is 0 Å². The zero-order chi connectivity index (χ0) is 17.3. The van der Waals surface area contributed by atoms with E-state index in [0.717, 1.165) is 31.8 Å². The third-order valence-corrected chi connectivity index (χ3v) is 6.53. The molecule has 6 nitrogen and oxygen atoms in total. The van der Waals surface area contributed by atoms with Crippen molar-refractivity contribution in [3.8, 4) is 0 Å². The molecule has 2 atom stereocenters. The third kappa shape index (κ3) is 3.21. The first-order valence-electron chi connectivity index (χ1n) is 9.94. The fourth-order valence-electron chi connectivity index (χ4n) is 4.83. The number of amides is 1. The fourth-order valence-corrected chi connectivity index (χ4v) is 4.83. The van der Waals surface area contributed by atoms with Crippen LogP contribution in [0.5, 0.6) is 0 Å². The zero-order valence-corrected chi connectivity index (χ0v) is 15.1. The van der Waals surface area contributed by atoms with Gasteiger partial charge in [0, 0.05) is 36.8 Å². The summed E-state index contributed by atoms with van der Waals surface area (Å²) in [5, 5.41) is 11.5. The summed E-state index contributed by atoms with van der Waals surface area (Å²) in [6.45, 7) is 2.80. The number of ether oxygens (including phenoxy) is 1. The van der Waals surface area contributed by atoms with E-state index in [4.69, 9.17) is 9.15 Å². The smallest absolute Gasteiger partial charge is 0.220 e. The van der Waals surface area contributed by atoms with Crippen LogP contribution in [-0.2, 0) is 16.0 Å². The molecule has 1 aromatic heterocycles. The molecular weight excluding hydrogens is 318 g/mol. The number of aromatic nitrogens is 2. The Labute approximate surface area is 149 Å². The zero-order valence-electron chi connectivity index (χ0n) is 15.1. The Morgan fingerprint density at radius 1 is 1.28 bits per heavy atom. The number of carbonyl (C=O) groups is 1. The van der Waals surface area contributed by atoms with Crippen LogP contribution in [0.15, 0.2) is 4.42 Å². The van der Waals surface area contributed by atoms with Gasteiger partial charge in [-0.05, 0) is 39.0 Å². The van der Waals surface area contributed by atoms with Gasteiger partial charge in [-0.25, -0.2) is 0 Å². The lowest BCUT2D eigenvalue weighted by molar-refractivity contribution is -0.175. The summed E-state index contributed by atoms with van der Waals surface area (Å²) in [5.41, 5.74) is 0.214. The molecule has 1 aromatic rings. The number of hydrogen-bond donors (Lipinski definition) is 1. The largest absolute Gasteiger partial charge is 0.425 e. The van der Waals surface area contributed by atoms with Gasteiger partial charge >= 0.3 is 0 Å². The van der Waals surface area contributed by atoms with Gasteiger partial charge in [0.05, 0.1) is 6.10 Å². The maximum absolute atomic E-state index is 12.3. The van der Waals surface area contributed by atoms with Crippen molar-refractivity contribution in [2.45, 2.75) is 89.2 Å². The molecule has 4 rings (SSSR count). The standard InChI is InChI=1S/C19H29N3O3/c1-2-24-15-12-14(19(15)10-5-11-19)20-16(23)8-9-17-21-22-18(25-17)13-6-3-4-7-13/h13-15H,2-12H2,1H3,(H,20,23)/t14-,15+/m0/s1. The van der Waals surface area contributed by atoms with Gasteiger partial charge in [0.1, 0.15) is 0 Å². The van der Waals surface area contributed by atoms with E-state index in [1.54, 1.807) is 0 Å². The molecule has 1 N–H and O–H groups in total. The summed E-state index contributed by atoms with van der Waals surface area (Å²) in [6, 6.07) is 0.280. The van der Waals surface area contributed by atoms with E-state index in [1.807, 2.05) is 6.92 Å². The van der Waals surface area contributed by atoms with E-state index in [-0.39, 0.29) is 17.4 Å². The molecule has 0 aliphatic heterocycles. The van der Waals surface area contributed by atoms with Gasteiger partial charge in [0.2, 0.25) is 17.7 Å². The monoisotopic (exact) mass is 347 g/mol. The van der Waals surface area contributed by atoms with E-state index in [2.05, 4.69) is 15.5 Å². The van der Waals surface area contributed by atoms with Gasteiger partial charge < -0.3 is 14.5 Å². The molecule has 3 saturated carbocycles. The fraction of sp³-hybridized carbons (Fsp3) is 0.842. The quantitative estimate of drug-likeness (QED) is 0.820. The van der Waals surface area contributed by atoms with Crippen LogP contribution >= 0.6 is 0 Å². The van der Waals surface area contributed by atoms with E-state index in [9.17, 15) is 4.79 Å². The second-order valence-corrected chi connectivity index (χ2v) is 7.90. The third-order valence-electron chi connectivity index (χ3n) is 6.53. The molecule has 0 radical (unpaired) electrons. The van der Waals surface area contributed by atoms with Crippen molar-refractivity contribution < 1.29 is 13.9 Å². The highest BCUT2D eigenvalue weighted by Gasteiger charge is 2.59. The minimum Gasteiger partial charge on any atom is -0.425 e. The summed E-state index contributed by atoms with van der Waals surface area (Å²) >= 11 is 0. The predicted octanol–water partition coefficient (Wildman–Crippen LogP) is 3.12. The molecule has 6 heteroatoms. The Hall–Kier alpha value is -1.43. The first-order chi connectivity index (χ1) is 12.2. The van der Waals surface area contributed by atoms with E-state index in [0.29, 0.717) is 30.8 Å². The van der Waals surface area contributed by atoms with Crippen LogP contribution in [0, 0.1) is 5.41 Å². The molecular formula is C19H29N3O3. The Morgan fingerprint density at radius 2 is 2.08 bits per heavy atom. The van der Waals surface area contributed by atoms with E-state index in [1.165, 1.54) is 32.1 Å². The summed E-state index contributed by atoms with van der Waals surface area (Å²) < 4.78 is 11.6. The molecule has 0 saturated heterocycles. The minimum atomic E-state index is 0.0897. The van der Waals surface area contributed by atoms with Crippen molar-refractivity contribution in [3.63, 3.8) is 0 Å². The molecule has 0 bridgehead atoms. The molecule has 25 heavy (non-hydrogen) atoms. The van der Waals surface area contributed by atoms with Gasteiger partial charge in [-0.3, -0.25) is 4.79 Å². The topological polar surface area (TPSA) is 77.2 Å². The average molecular weight is 347 g/mol. The van der Waals surface area contributed by atoms with Crippen LogP contribution in [0.4, 0.5) is 0 Å². The molecule has 0 aromatic carbocycles. The summed E-state index contributed by atoms with van der Waals surface area (Å²) in [7, 11) is 0. The van der Waals surface area contributed by atoms with Gasteiger partial charge in [-0.1, -0.05) is 19.3 Å². The van der Waals surface area contributed by atoms with Crippen LogP contribution in [0.25, 0.3) is 0 Å². The molecule has 1 amide bonds. The average Bonchev–Trinajstić information content (AvgIpc) is 3.21.